The van der Waals surface area contributed by atoms with Crippen LogP contribution in [-0.2, 0) is 9.59 Å². The number of carbonyl (C=O) groups is 2. The van der Waals surface area contributed by atoms with Crippen molar-refractivity contribution < 1.29 is 9.59 Å². The van der Waals surface area contributed by atoms with Gasteiger partial charge in [-0.05, 0) is 61.7 Å². The van der Waals surface area contributed by atoms with E-state index in [4.69, 9.17) is 0 Å². The van der Waals surface area contributed by atoms with Gasteiger partial charge in [0.15, 0.2) is 5.17 Å². The van der Waals surface area contributed by atoms with E-state index < -0.39 is 5.25 Å². The van der Waals surface area contributed by atoms with Gasteiger partial charge in [-0.25, -0.2) is 0 Å². The van der Waals surface area contributed by atoms with Crippen LogP contribution >= 0.6 is 11.8 Å². The lowest BCUT2D eigenvalue weighted by Crippen LogP contribution is -2.33. The number of amides is 2. The second-order valence-corrected chi connectivity index (χ2v) is 9.45. The summed E-state index contributed by atoms with van der Waals surface area (Å²) in [4.78, 5) is 27.6. The number of benzene rings is 3. The Morgan fingerprint density at radius 1 is 0.971 bits per heavy atom. The lowest BCUT2D eigenvalue weighted by molar-refractivity contribution is -0.121. The van der Waals surface area contributed by atoms with Crippen LogP contribution in [0.15, 0.2) is 83.0 Å². The molecule has 0 radical (unpaired) electrons. The summed E-state index contributed by atoms with van der Waals surface area (Å²) < 4.78 is 0. The third kappa shape index (κ3) is 5.80. The minimum atomic E-state index is -0.584. The highest BCUT2D eigenvalue weighted by atomic mass is 32.2. The number of rotatable bonds is 6. The number of amidine groups is 1. The average Bonchev–Trinajstić information content (AvgIpc) is 3.09. The topological polar surface area (TPSA) is 74.1 Å². The third-order valence-corrected chi connectivity index (χ3v) is 6.38. The first-order valence-corrected chi connectivity index (χ1v) is 11.9. The molecule has 1 atom stereocenters. The van der Waals surface area contributed by atoms with Crippen LogP contribution < -0.4 is 10.2 Å². The smallest absolute Gasteiger partial charge is 0.247 e. The van der Waals surface area contributed by atoms with Gasteiger partial charge in [0.1, 0.15) is 5.25 Å². The van der Waals surface area contributed by atoms with E-state index in [9.17, 15) is 9.59 Å². The first-order chi connectivity index (χ1) is 16.4. The lowest BCUT2D eigenvalue weighted by atomic mass is 10.1. The molecular weight excluding hydrogens is 444 g/mol. The zero-order valence-corrected chi connectivity index (χ0v) is 20.2. The molecule has 1 aliphatic rings. The third-order valence-electron chi connectivity index (χ3n) is 5.25. The Labute approximate surface area is 203 Å². The number of nitrogens with one attached hydrogen (secondary N) is 1. The minimum Gasteiger partial charge on any atom is -0.326 e. The molecule has 1 fully saturated rings. The number of para-hydroxylation sites is 1. The fourth-order valence-electron chi connectivity index (χ4n) is 3.71. The maximum atomic E-state index is 13.3. The molecule has 0 spiro atoms. The summed E-state index contributed by atoms with van der Waals surface area (Å²) in [7, 11) is 0. The summed E-state index contributed by atoms with van der Waals surface area (Å²) in [5.74, 6) is -0.399. The number of carbonyl (C=O) groups excluding carboxylic acids is 2. The largest absolute Gasteiger partial charge is 0.326 e. The summed E-state index contributed by atoms with van der Waals surface area (Å²) in [6.45, 7) is 5.99. The Morgan fingerprint density at radius 2 is 1.65 bits per heavy atom. The van der Waals surface area contributed by atoms with Gasteiger partial charge in [-0.15, -0.1) is 5.10 Å². The van der Waals surface area contributed by atoms with Crippen LogP contribution in [0.3, 0.4) is 0 Å². The van der Waals surface area contributed by atoms with Gasteiger partial charge in [0.25, 0.3) is 0 Å². The number of nitrogens with zero attached hydrogens (tertiary/aromatic N) is 3. The Kier molecular flexibility index (Phi) is 7.23. The highest BCUT2D eigenvalue weighted by Crippen LogP contribution is 2.34. The highest BCUT2D eigenvalue weighted by Gasteiger charge is 2.40. The molecule has 3 aromatic rings. The normalized spacial score (nSPS) is 17.0. The van der Waals surface area contributed by atoms with Crippen molar-refractivity contribution in [1.82, 2.24) is 0 Å². The molecule has 2 amide bonds. The first-order valence-electron chi connectivity index (χ1n) is 11.0. The van der Waals surface area contributed by atoms with Crippen molar-refractivity contribution in [2.45, 2.75) is 32.4 Å². The van der Waals surface area contributed by atoms with Gasteiger partial charge in [0.05, 0.1) is 11.9 Å². The standard InChI is InChI=1S/C27H26N4O2S/c1-18-9-11-21(12-10-18)17-28-30-27-31(23-7-5-4-6-8-23)26(33)24(34-27)16-25(32)29-22-14-19(2)13-20(3)15-22/h4-15,17,24H,16H2,1-3H3,(H,29,32). The van der Waals surface area contributed by atoms with Crippen molar-refractivity contribution in [3.63, 3.8) is 0 Å². The van der Waals surface area contributed by atoms with E-state index in [1.54, 1.807) is 6.21 Å². The molecule has 1 aliphatic heterocycles. The van der Waals surface area contributed by atoms with Crippen molar-refractivity contribution in [2.75, 3.05) is 10.2 Å². The molecular formula is C27H26N4O2S. The van der Waals surface area contributed by atoms with Gasteiger partial charge >= 0.3 is 0 Å². The fourth-order valence-corrected chi connectivity index (χ4v) is 4.80. The van der Waals surface area contributed by atoms with Crippen LogP contribution in [0.1, 0.15) is 28.7 Å². The minimum absolute atomic E-state index is 0.0422. The molecule has 6 nitrogen and oxygen atoms in total. The van der Waals surface area contributed by atoms with E-state index in [1.165, 1.54) is 16.7 Å². The van der Waals surface area contributed by atoms with E-state index in [-0.39, 0.29) is 18.2 Å². The van der Waals surface area contributed by atoms with Gasteiger partial charge in [0, 0.05) is 12.1 Å². The van der Waals surface area contributed by atoms with Gasteiger partial charge in [-0.2, -0.15) is 5.10 Å². The van der Waals surface area contributed by atoms with Gasteiger partial charge in [-0.1, -0.05) is 65.9 Å². The second kappa shape index (κ2) is 10.5. The number of hydrogen-bond acceptors (Lipinski definition) is 5. The van der Waals surface area contributed by atoms with Crippen LogP contribution in [0, 0.1) is 20.8 Å². The Hall–Kier alpha value is -3.71. The average molecular weight is 471 g/mol. The van der Waals surface area contributed by atoms with Crippen LogP contribution in [0.2, 0.25) is 0 Å². The van der Waals surface area contributed by atoms with Gasteiger partial charge in [0.2, 0.25) is 11.8 Å². The summed E-state index contributed by atoms with van der Waals surface area (Å²) >= 11 is 1.26. The molecule has 0 aromatic heterocycles. The summed E-state index contributed by atoms with van der Waals surface area (Å²) in [5, 5.41) is 11.3. The Balaban J connectivity index is 1.53. The Morgan fingerprint density at radius 3 is 2.32 bits per heavy atom. The number of hydrogen-bond donors (Lipinski definition) is 1. The maximum absolute atomic E-state index is 13.3. The number of thioether (sulfide) groups is 1. The van der Waals surface area contributed by atoms with Crippen LogP contribution in [0.25, 0.3) is 0 Å². The van der Waals surface area contributed by atoms with Crippen molar-refractivity contribution in [3.05, 3.63) is 95.1 Å². The zero-order chi connectivity index (χ0) is 24.1. The Bertz CT molecular complexity index is 1230. The van der Waals surface area contributed by atoms with Gasteiger partial charge in [-0.3, -0.25) is 14.5 Å². The molecule has 7 heteroatoms. The molecule has 4 rings (SSSR count). The van der Waals surface area contributed by atoms with E-state index in [2.05, 4.69) is 15.5 Å². The number of aryl methyl sites for hydroxylation is 3. The monoisotopic (exact) mass is 470 g/mol. The quantitative estimate of drug-likeness (QED) is 0.383. The van der Waals surface area contributed by atoms with E-state index in [0.717, 1.165) is 27.9 Å². The van der Waals surface area contributed by atoms with Gasteiger partial charge < -0.3 is 5.32 Å². The van der Waals surface area contributed by atoms with Crippen molar-refractivity contribution in [3.8, 4) is 0 Å². The SMILES string of the molecule is Cc1ccc(C=NN=C2SC(CC(=O)Nc3cc(C)cc(C)c3)C(=O)N2c2ccccc2)cc1. The first kappa shape index (κ1) is 23.4. The lowest BCUT2D eigenvalue weighted by Gasteiger charge is -2.15. The predicted molar refractivity (Wildman–Crippen MR) is 141 cm³/mol. The highest BCUT2D eigenvalue weighted by molar-refractivity contribution is 8.16. The molecule has 1 heterocycles. The molecule has 0 saturated carbocycles. The van der Waals surface area contributed by atoms with E-state index >= 15 is 0 Å². The maximum Gasteiger partial charge on any atom is 0.247 e. The molecule has 172 valence electrons. The van der Waals surface area contributed by atoms with Crippen LogP contribution in [-0.4, -0.2) is 28.4 Å². The molecule has 0 bridgehead atoms. The molecule has 1 unspecified atom stereocenters. The fraction of sp³-hybridized carbons (Fsp3) is 0.185. The van der Waals surface area contributed by atoms with E-state index in [0.29, 0.717) is 10.9 Å². The summed E-state index contributed by atoms with van der Waals surface area (Å²) in [5.41, 5.74) is 5.64. The molecule has 34 heavy (non-hydrogen) atoms. The molecule has 1 N–H and O–H groups in total. The molecule has 1 saturated heterocycles. The molecule has 0 aliphatic carbocycles. The second-order valence-electron chi connectivity index (χ2n) is 8.28. The van der Waals surface area contributed by atoms with Crippen molar-refractivity contribution >= 4 is 46.3 Å². The van der Waals surface area contributed by atoms with E-state index in [1.807, 2.05) is 93.6 Å². The summed E-state index contributed by atoms with van der Waals surface area (Å²) in [6, 6.07) is 23.1. The van der Waals surface area contributed by atoms with Crippen LogP contribution in [0.5, 0.6) is 0 Å². The van der Waals surface area contributed by atoms with Crippen LogP contribution in [0.4, 0.5) is 11.4 Å². The molecule has 3 aromatic carbocycles. The number of anilines is 2. The zero-order valence-electron chi connectivity index (χ0n) is 19.4. The van der Waals surface area contributed by atoms with Crippen molar-refractivity contribution in [2.24, 2.45) is 10.2 Å². The predicted octanol–water partition coefficient (Wildman–Crippen LogP) is 5.48. The van der Waals surface area contributed by atoms with Crippen molar-refractivity contribution in [1.29, 1.82) is 0 Å². The summed E-state index contributed by atoms with van der Waals surface area (Å²) in [6.07, 6.45) is 1.70.